The molecule has 1 heterocycles. The van der Waals surface area contributed by atoms with Gasteiger partial charge < -0.3 is 19.6 Å². The van der Waals surface area contributed by atoms with Gasteiger partial charge in [-0.3, -0.25) is 14.9 Å². The zero-order chi connectivity index (χ0) is 19.3. The Bertz CT molecular complexity index is 685. The minimum absolute atomic E-state index is 0.0690. The van der Waals surface area contributed by atoms with E-state index in [-0.39, 0.29) is 18.2 Å². The Kier molecular flexibility index (Phi) is 6.37. The minimum Gasteiger partial charge on any atom is -0.465 e. The van der Waals surface area contributed by atoms with Crippen molar-refractivity contribution in [2.75, 3.05) is 31.1 Å². The number of rotatable bonds is 6. The Hall–Kier alpha value is -2.84. The maximum Gasteiger partial charge on any atom is 0.407 e. The summed E-state index contributed by atoms with van der Waals surface area (Å²) in [6, 6.07) is 4.39. The number of nitrogens with zero attached hydrogens (tertiary/aromatic N) is 3. The molecule has 0 bridgehead atoms. The molecule has 1 aromatic rings. The molecule has 0 aliphatic carbocycles. The van der Waals surface area contributed by atoms with Gasteiger partial charge in [0.1, 0.15) is 0 Å². The van der Waals surface area contributed by atoms with Crippen LogP contribution in [-0.4, -0.2) is 59.3 Å². The van der Waals surface area contributed by atoms with Crippen LogP contribution in [0.1, 0.15) is 25.8 Å². The summed E-state index contributed by atoms with van der Waals surface area (Å²) >= 11 is 0. The predicted octanol–water partition coefficient (Wildman–Crippen LogP) is 2.28. The third kappa shape index (κ3) is 4.84. The lowest BCUT2D eigenvalue weighted by molar-refractivity contribution is -0.384. The molecule has 1 atom stereocenters. The van der Waals surface area contributed by atoms with Crippen molar-refractivity contribution in [3.63, 3.8) is 0 Å². The smallest absolute Gasteiger partial charge is 0.407 e. The first-order chi connectivity index (χ1) is 12.3. The fourth-order valence-corrected chi connectivity index (χ4v) is 2.78. The van der Waals surface area contributed by atoms with Crippen molar-refractivity contribution in [2.24, 2.45) is 0 Å². The summed E-state index contributed by atoms with van der Waals surface area (Å²) in [6.07, 6.45) is -0.569. The maximum atomic E-state index is 12.1. The number of esters is 1. The van der Waals surface area contributed by atoms with Crippen LogP contribution in [0.25, 0.3) is 0 Å². The number of carbonyl (C=O) groups is 2. The zero-order valence-corrected chi connectivity index (χ0v) is 14.9. The number of hydrogen-bond donors (Lipinski definition) is 1. The van der Waals surface area contributed by atoms with E-state index in [9.17, 15) is 19.7 Å². The maximum absolute atomic E-state index is 12.1. The Labute approximate surface area is 151 Å². The first-order valence-electron chi connectivity index (χ1n) is 8.51. The summed E-state index contributed by atoms with van der Waals surface area (Å²) in [5.41, 5.74) is 1.11. The van der Waals surface area contributed by atoms with Gasteiger partial charge in [-0.05, 0) is 25.0 Å². The molecule has 1 saturated heterocycles. The van der Waals surface area contributed by atoms with E-state index in [0.29, 0.717) is 43.9 Å². The number of piperazine rings is 1. The van der Waals surface area contributed by atoms with E-state index in [1.165, 1.54) is 17.0 Å². The quantitative estimate of drug-likeness (QED) is 0.467. The van der Waals surface area contributed by atoms with Gasteiger partial charge in [-0.15, -0.1) is 0 Å². The highest BCUT2D eigenvalue weighted by Crippen LogP contribution is 2.27. The Balaban J connectivity index is 2.21. The van der Waals surface area contributed by atoms with Gasteiger partial charge in [0, 0.05) is 44.0 Å². The van der Waals surface area contributed by atoms with Gasteiger partial charge in [-0.1, -0.05) is 6.92 Å². The molecule has 1 aliphatic rings. The summed E-state index contributed by atoms with van der Waals surface area (Å²) in [5.74, 6) is -0.440. The largest absolute Gasteiger partial charge is 0.465 e. The van der Waals surface area contributed by atoms with Crippen molar-refractivity contribution >= 4 is 23.4 Å². The van der Waals surface area contributed by atoms with Crippen LogP contribution in [0.2, 0.25) is 0 Å². The van der Waals surface area contributed by atoms with Crippen LogP contribution in [0.15, 0.2) is 18.2 Å². The number of amides is 1. The number of anilines is 1. The summed E-state index contributed by atoms with van der Waals surface area (Å²) in [4.78, 5) is 37.0. The number of nitro benzene ring substituents is 1. The third-order valence-electron chi connectivity index (χ3n) is 4.41. The van der Waals surface area contributed by atoms with Gasteiger partial charge in [-0.2, -0.15) is 0 Å². The first-order valence-corrected chi connectivity index (χ1v) is 8.51. The van der Waals surface area contributed by atoms with E-state index in [1.807, 2.05) is 11.8 Å². The van der Waals surface area contributed by atoms with Crippen LogP contribution in [0.5, 0.6) is 0 Å². The molecule has 1 aromatic carbocycles. The molecule has 0 aromatic heterocycles. The van der Waals surface area contributed by atoms with Crippen molar-refractivity contribution in [3.05, 3.63) is 33.9 Å². The van der Waals surface area contributed by atoms with E-state index < -0.39 is 17.0 Å². The molecular formula is C17H23N3O6. The number of carbonyl (C=O) groups excluding carboxylic acids is 1. The molecule has 142 valence electrons. The minimum atomic E-state index is -0.967. The molecule has 1 fully saturated rings. The lowest BCUT2D eigenvalue weighted by atomic mass is 10.1. The highest BCUT2D eigenvalue weighted by Gasteiger charge is 2.24. The second-order valence-electron chi connectivity index (χ2n) is 6.21. The number of benzene rings is 1. The van der Waals surface area contributed by atoms with Crippen LogP contribution in [-0.2, 0) is 16.0 Å². The van der Waals surface area contributed by atoms with Gasteiger partial charge in [0.25, 0.3) is 5.69 Å². The third-order valence-corrected chi connectivity index (χ3v) is 4.41. The molecular weight excluding hydrogens is 342 g/mol. The fourth-order valence-electron chi connectivity index (χ4n) is 2.78. The summed E-state index contributed by atoms with van der Waals surface area (Å²) in [5, 5.41) is 20.1. The SMILES string of the molecule is CC[C@@H](C)OC(=O)Cc1cc([N+](=O)[O-])ccc1N1CCN(C(=O)O)CC1. The lowest BCUT2D eigenvalue weighted by Crippen LogP contribution is -2.48. The molecule has 0 unspecified atom stereocenters. The number of ether oxygens (including phenoxy) is 1. The zero-order valence-electron chi connectivity index (χ0n) is 14.9. The molecule has 1 amide bonds. The van der Waals surface area contributed by atoms with Gasteiger partial charge in [0.15, 0.2) is 0 Å². The predicted molar refractivity (Wildman–Crippen MR) is 94.5 cm³/mol. The highest BCUT2D eigenvalue weighted by atomic mass is 16.6. The van der Waals surface area contributed by atoms with Crippen molar-refractivity contribution in [3.8, 4) is 0 Å². The second-order valence-corrected chi connectivity index (χ2v) is 6.21. The van der Waals surface area contributed by atoms with Crippen LogP contribution >= 0.6 is 0 Å². The van der Waals surface area contributed by atoms with E-state index in [2.05, 4.69) is 0 Å². The molecule has 26 heavy (non-hydrogen) atoms. The van der Waals surface area contributed by atoms with Crippen LogP contribution < -0.4 is 4.90 Å². The fraction of sp³-hybridized carbons (Fsp3) is 0.529. The standard InChI is InChI=1S/C17H23N3O6/c1-3-12(2)26-16(21)11-13-10-14(20(24)25)4-5-15(13)18-6-8-19(9-7-18)17(22)23/h4-5,10,12H,3,6-9,11H2,1-2H3,(H,22,23)/t12-/m1/s1. The first kappa shape index (κ1) is 19.5. The normalized spacial score (nSPS) is 15.5. The molecule has 0 spiro atoms. The molecule has 1 N–H and O–H groups in total. The molecule has 9 nitrogen and oxygen atoms in total. The number of carboxylic acid groups (broad SMARTS) is 1. The van der Waals surface area contributed by atoms with E-state index in [4.69, 9.17) is 9.84 Å². The molecule has 9 heteroatoms. The van der Waals surface area contributed by atoms with Gasteiger partial charge >= 0.3 is 12.1 Å². The monoisotopic (exact) mass is 365 g/mol. The van der Waals surface area contributed by atoms with E-state index in [1.54, 1.807) is 13.0 Å². The van der Waals surface area contributed by atoms with E-state index in [0.717, 1.165) is 0 Å². The summed E-state index contributed by atoms with van der Waals surface area (Å²) < 4.78 is 5.28. The summed E-state index contributed by atoms with van der Waals surface area (Å²) in [7, 11) is 0. The Morgan fingerprint density at radius 3 is 2.50 bits per heavy atom. The Morgan fingerprint density at radius 1 is 1.31 bits per heavy atom. The van der Waals surface area contributed by atoms with Crippen molar-refractivity contribution < 1.29 is 24.4 Å². The van der Waals surface area contributed by atoms with E-state index >= 15 is 0 Å². The number of nitro groups is 1. The average molecular weight is 365 g/mol. The van der Waals surface area contributed by atoms with Crippen LogP contribution in [0.3, 0.4) is 0 Å². The highest BCUT2D eigenvalue weighted by molar-refractivity contribution is 5.76. The van der Waals surface area contributed by atoms with Crippen molar-refractivity contribution in [1.82, 2.24) is 4.90 Å². The van der Waals surface area contributed by atoms with Crippen LogP contribution in [0.4, 0.5) is 16.2 Å². The molecule has 0 radical (unpaired) electrons. The average Bonchev–Trinajstić information content (AvgIpc) is 2.61. The second kappa shape index (κ2) is 8.50. The lowest BCUT2D eigenvalue weighted by Gasteiger charge is -2.35. The van der Waals surface area contributed by atoms with Crippen molar-refractivity contribution in [2.45, 2.75) is 32.8 Å². The molecule has 1 aliphatic heterocycles. The summed E-state index contributed by atoms with van der Waals surface area (Å²) in [6.45, 7) is 5.28. The van der Waals surface area contributed by atoms with Crippen molar-refractivity contribution in [1.29, 1.82) is 0 Å². The number of hydrogen-bond acceptors (Lipinski definition) is 6. The van der Waals surface area contributed by atoms with Gasteiger partial charge in [0.2, 0.25) is 0 Å². The Morgan fingerprint density at radius 2 is 1.96 bits per heavy atom. The number of non-ortho nitro benzene ring substituents is 1. The topological polar surface area (TPSA) is 113 Å². The van der Waals surface area contributed by atoms with Crippen LogP contribution in [0, 0.1) is 10.1 Å². The molecule has 0 saturated carbocycles. The van der Waals surface area contributed by atoms with Gasteiger partial charge in [-0.25, -0.2) is 4.79 Å². The molecule has 2 rings (SSSR count). The van der Waals surface area contributed by atoms with Gasteiger partial charge in [0.05, 0.1) is 17.4 Å².